The Labute approximate surface area is 198 Å². The smallest absolute Gasteiger partial charge is 0.340 e. The van der Waals surface area contributed by atoms with Gasteiger partial charge in [-0.1, -0.05) is 24.3 Å². The number of aromatic nitrogens is 3. The molecule has 4 aromatic rings. The van der Waals surface area contributed by atoms with E-state index in [1.54, 1.807) is 44.2 Å². The molecule has 0 aliphatic heterocycles. The number of rotatable bonds is 5. The Balaban J connectivity index is 1.94. The number of aryl methyl sites for hydroxylation is 4. The van der Waals surface area contributed by atoms with Gasteiger partial charge in [0.05, 0.1) is 11.1 Å². The van der Waals surface area contributed by atoms with Crippen LogP contribution in [0.2, 0.25) is 0 Å². The molecule has 0 fully saturated rings. The Hall–Kier alpha value is -3.72. The molecule has 0 aliphatic rings. The number of hydrogen-bond acceptors (Lipinski definition) is 6. The second kappa shape index (κ2) is 8.25. The summed E-state index contributed by atoms with van der Waals surface area (Å²) in [5.41, 5.74) is 3.93. The van der Waals surface area contributed by atoms with E-state index in [0.29, 0.717) is 22.3 Å². The van der Waals surface area contributed by atoms with E-state index in [2.05, 4.69) is 5.10 Å². The third kappa shape index (κ3) is 3.62. The third-order valence-electron chi connectivity index (χ3n) is 6.23. The normalized spacial score (nSPS) is 11.7. The molecule has 0 aliphatic carbocycles. The van der Waals surface area contributed by atoms with Crippen molar-refractivity contribution in [3.8, 4) is 5.88 Å². The molecule has 2 aromatic heterocycles. The summed E-state index contributed by atoms with van der Waals surface area (Å²) in [6, 6.07) is 11.1. The third-order valence-corrected chi connectivity index (χ3v) is 7.46. The van der Waals surface area contributed by atoms with E-state index in [9.17, 15) is 18.4 Å². The van der Waals surface area contributed by atoms with E-state index in [1.807, 2.05) is 20.8 Å². The molecule has 176 valence electrons. The zero-order valence-corrected chi connectivity index (χ0v) is 20.6. The van der Waals surface area contributed by atoms with Crippen molar-refractivity contribution in [3.63, 3.8) is 0 Å². The fraction of sp³-hybridized carbons (Fsp3) is 0.240. The number of nitrogens with zero attached hydrogens (tertiary/aromatic N) is 3. The molecule has 0 unspecified atom stereocenters. The minimum absolute atomic E-state index is 0.0298. The number of fused-ring (bicyclic) bond motifs is 1. The van der Waals surface area contributed by atoms with Gasteiger partial charge < -0.3 is 9.39 Å². The first-order valence-electron chi connectivity index (χ1n) is 10.7. The molecule has 4 rings (SSSR count). The minimum atomic E-state index is -4.20. The maximum atomic E-state index is 13.9. The van der Waals surface area contributed by atoms with Gasteiger partial charge in [-0.2, -0.15) is 18.2 Å². The first-order valence-corrected chi connectivity index (χ1v) is 12.1. The highest BCUT2D eigenvalue weighted by Gasteiger charge is 2.31. The van der Waals surface area contributed by atoms with E-state index in [-0.39, 0.29) is 21.9 Å². The van der Waals surface area contributed by atoms with Gasteiger partial charge in [-0.15, -0.1) is 0 Å². The maximum Gasteiger partial charge on any atom is 0.340 e. The Kier molecular flexibility index (Phi) is 5.69. The highest BCUT2D eigenvalue weighted by atomic mass is 32.2. The second-order valence-electron chi connectivity index (χ2n) is 8.35. The molecule has 0 N–H and O–H groups in total. The second-order valence-corrected chi connectivity index (χ2v) is 9.90. The topological polar surface area (TPSA) is 105 Å². The van der Waals surface area contributed by atoms with E-state index in [0.717, 1.165) is 21.4 Å². The summed E-state index contributed by atoms with van der Waals surface area (Å²) >= 11 is 0. The van der Waals surface area contributed by atoms with Crippen molar-refractivity contribution in [2.45, 2.75) is 39.5 Å². The molecule has 0 saturated heterocycles. The quantitative estimate of drug-likeness (QED) is 0.187. The van der Waals surface area contributed by atoms with Gasteiger partial charge in [-0.05, 0) is 51.5 Å². The zero-order valence-electron chi connectivity index (χ0n) is 19.8. The largest absolute Gasteiger partial charge is 0.618 e. The van der Waals surface area contributed by atoms with Crippen molar-refractivity contribution >= 4 is 26.8 Å². The van der Waals surface area contributed by atoms with Gasteiger partial charge >= 0.3 is 10.1 Å². The van der Waals surface area contributed by atoms with Crippen LogP contribution in [0, 0.1) is 39.8 Å². The van der Waals surface area contributed by atoms with Crippen molar-refractivity contribution in [2.24, 2.45) is 7.05 Å². The van der Waals surface area contributed by atoms with E-state index in [1.165, 1.54) is 23.9 Å². The Morgan fingerprint density at radius 1 is 1.00 bits per heavy atom. The monoisotopic (exact) mass is 479 g/mol. The molecule has 0 radical (unpaired) electrons. The van der Waals surface area contributed by atoms with Crippen LogP contribution in [0.4, 0.5) is 0 Å². The summed E-state index contributed by atoms with van der Waals surface area (Å²) in [5, 5.41) is 17.8. The molecule has 0 atom stereocenters. The van der Waals surface area contributed by atoms with Crippen LogP contribution < -0.4 is 8.91 Å². The Bertz CT molecular complexity index is 1570. The van der Waals surface area contributed by atoms with Gasteiger partial charge in [0.15, 0.2) is 5.69 Å². The van der Waals surface area contributed by atoms with Crippen LogP contribution in [0.15, 0.2) is 47.4 Å². The molecule has 0 saturated carbocycles. The lowest BCUT2D eigenvalue weighted by Gasteiger charge is -2.16. The fourth-order valence-corrected chi connectivity index (χ4v) is 5.16. The molecule has 0 amide bonds. The van der Waals surface area contributed by atoms with Gasteiger partial charge in [0.2, 0.25) is 17.2 Å². The zero-order chi connectivity index (χ0) is 24.9. The predicted molar refractivity (Wildman–Crippen MR) is 127 cm³/mol. The first kappa shape index (κ1) is 23.4. The lowest BCUT2D eigenvalue weighted by Crippen LogP contribution is -2.33. The highest BCUT2D eigenvalue weighted by Crippen LogP contribution is 2.32. The summed E-state index contributed by atoms with van der Waals surface area (Å²) in [5.74, 6) is -0.656. The Morgan fingerprint density at radius 3 is 2.29 bits per heavy atom. The van der Waals surface area contributed by atoms with E-state index < -0.39 is 15.9 Å². The van der Waals surface area contributed by atoms with E-state index >= 15 is 0 Å². The van der Waals surface area contributed by atoms with Crippen LogP contribution in [0.25, 0.3) is 10.9 Å². The van der Waals surface area contributed by atoms with Gasteiger partial charge in [0.1, 0.15) is 10.5 Å². The molecule has 0 spiro atoms. The van der Waals surface area contributed by atoms with Crippen LogP contribution in [0.5, 0.6) is 5.88 Å². The Morgan fingerprint density at radius 2 is 1.65 bits per heavy atom. The SMILES string of the molecule is Cc1nn(C)c(OS(=O)(=O)c2ccccc2)c1C(=O)c1ccc(C)c2c1c(C)c(C)c(C)[n+]2[O-]. The average Bonchev–Trinajstić information content (AvgIpc) is 3.08. The number of pyridine rings is 1. The van der Waals surface area contributed by atoms with Crippen molar-refractivity contribution in [3.05, 3.63) is 86.9 Å². The fourth-order valence-electron chi connectivity index (χ4n) is 4.17. The number of carbonyl (C=O) groups is 1. The average molecular weight is 480 g/mol. The molecule has 0 bridgehead atoms. The standard InChI is InChI=1S/C25H25N3O5S/c1-14-12-13-20(21-16(3)15(2)18(5)28(30)23(14)21)24(29)22-17(4)26-27(6)25(22)33-34(31,32)19-10-8-7-9-11-19/h7-13H,1-6H3. The van der Waals surface area contributed by atoms with Crippen LogP contribution in [0.1, 0.15) is 44.0 Å². The van der Waals surface area contributed by atoms with Crippen molar-refractivity contribution < 1.29 is 22.1 Å². The van der Waals surface area contributed by atoms with Crippen molar-refractivity contribution in [2.75, 3.05) is 0 Å². The van der Waals surface area contributed by atoms with E-state index in [4.69, 9.17) is 4.18 Å². The highest BCUT2D eigenvalue weighted by molar-refractivity contribution is 7.87. The lowest BCUT2D eigenvalue weighted by molar-refractivity contribution is -0.584. The number of hydrogen-bond donors (Lipinski definition) is 0. The number of carbonyl (C=O) groups excluding carboxylic acids is 1. The van der Waals surface area contributed by atoms with Crippen molar-refractivity contribution in [1.29, 1.82) is 0 Å². The summed E-state index contributed by atoms with van der Waals surface area (Å²) < 4.78 is 33.3. The number of ketones is 1. The van der Waals surface area contributed by atoms with Gasteiger partial charge in [-0.3, -0.25) is 4.79 Å². The molecular weight excluding hydrogens is 454 g/mol. The van der Waals surface area contributed by atoms with Crippen LogP contribution >= 0.6 is 0 Å². The summed E-state index contributed by atoms with van der Waals surface area (Å²) in [6.07, 6.45) is 0. The molecule has 8 nitrogen and oxygen atoms in total. The number of benzene rings is 2. The van der Waals surface area contributed by atoms with Crippen LogP contribution in [-0.2, 0) is 17.2 Å². The molecule has 2 heterocycles. The maximum absolute atomic E-state index is 13.9. The van der Waals surface area contributed by atoms with Gasteiger partial charge in [0.25, 0.3) is 0 Å². The van der Waals surface area contributed by atoms with Gasteiger partial charge in [-0.25, -0.2) is 4.68 Å². The minimum Gasteiger partial charge on any atom is -0.618 e. The molecule has 2 aromatic carbocycles. The predicted octanol–water partition coefficient (Wildman–Crippen LogP) is 3.75. The molecular formula is C25H25N3O5S. The lowest BCUT2D eigenvalue weighted by atomic mass is 9.92. The summed E-state index contributed by atoms with van der Waals surface area (Å²) in [6.45, 7) is 8.88. The van der Waals surface area contributed by atoms with Crippen molar-refractivity contribution in [1.82, 2.24) is 9.78 Å². The molecule has 34 heavy (non-hydrogen) atoms. The van der Waals surface area contributed by atoms with Crippen LogP contribution in [0.3, 0.4) is 0 Å². The van der Waals surface area contributed by atoms with Crippen LogP contribution in [-0.4, -0.2) is 24.0 Å². The molecule has 9 heteroatoms. The first-order chi connectivity index (χ1) is 16.0. The summed E-state index contributed by atoms with van der Waals surface area (Å²) in [4.78, 5) is 13.8. The van der Waals surface area contributed by atoms with Gasteiger partial charge in [0, 0.05) is 30.7 Å². The summed E-state index contributed by atoms with van der Waals surface area (Å²) in [7, 11) is -2.69.